The minimum atomic E-state index is -3.86. The molecular weight excluding hydrogens is 298 g/mol. The predicted octanol–water partition coefficient (Wildman–Crippen LogP) is -0.0206. The van der Waals surface area contributed by atoms with Gasteiger partial charge in [-0.05, 0) is 13.3 Å². The molecule has 2 atom stereocenters. The number of hydrogen-bond donors (Lipinski definition) is 2. The summed E-state index contributed by atoms with van der Waals surface area (Å²) in [6, 6.07) is -0.774. The number of aromatic nitrogens is 2. The van der Waals surface area contributed by atoms with Gasteiger partial charge in [0.25, 0.3) is 10.0 Å². The average molecular weight is 317 g/mol. The van der Waals surface area contributed by atoms with Crippen molar-refractivity contribution in [3.05, 3.63) is 12.0 Å². The monoisotopic (exact) mass is 317 g/mol. The van der Waals surface area contributed by atoms with Gasteiger partial charge >= 0.3 is 5.97 Å². The maximum absolute atomic E-state index is 12.3. The van der Waals surface area contributed by atoms with Gasteiger partial charge in [0.2, 0.25) is 0 Å². The number of rotatable bonds is 6. The topological polar surface area (TPSA) is 111 Å². The van der Waals surface area contributed by atoms with E-state index < -0.39 is 28.0 Å². The first-order valence-electron chi connectivity index (χ1n) is 6.71. The van der Waals surface area contributed by atoms with Crippen LogP contribution in [0, 0.1) is 12.8 Å². The zero-order chi connectivity index (χ0) is 15.6. The first kappa shape index (κ1) is 15.9. The van der Waals surface area contributed by atoms with E-state index in [0.29, 0.717) is 12.4 Å². The first-order valence-corrected chi connectivity index (χ1v) is 8.20. The van der Waals surface area contributed by atoms with Crippen LogP contribution in [0.1, 0.15) is 19.2 Å². The quantitative estimate of drug-likeness (QED) is 0.763. The Morgan fingerprint density at radius 1 is 1.57 bits per heavy atom. The molecule has 8 nitrogen and oxygen atoms in total. The average Bonchev–Trinajstić information content (AvgIpc) is 2.97. The third-order valence-corrected chi connectivity index (χ3v) is 4.76. The largest absolute Gasteiger partial charge is 0.481 e. The van der Waals surface area contributed by atoms with Crippen LogP contribution in [-0.2, 0) is 26.1 Å². The Hall–Kier alpha value is -1.45. The standard InChI is InChI=1S/C12H19N3O5S/c1-3-4-15-5-11(13-8(15)2)21(18,19)14-10-7-20-6-9(10)12(16)17/h5,9-10,14H,3-4,6-7H2,1-2H3,(H,16,17). The Bertz CT molecular complexity index is 625. The molecule has 1 aromatic rings. The fourth-order valence-corrected chi connectivity index (χ4v) is 3.52. The van der Waals surface area contributed by atoms with Gasteiger partial charge in [0.1, 0.15) is 5.82 Å². The number of sulfonamides is 1. The second kappa shape index (κ2) is 6.12. The molecule has 1 aliphatic rings. The molecule has 1 saturated heterocycles. The van der Waals surface area contributed by atoms with Crippen molar-refractivity contribution in [2.75, 3.05) is 13.2 Å². The number of aryl methyl sites for hydroxylation is 2. The Labute approximate surface area is 123 Å². The van der Waals surface area contributed by atoms with Gasteiger partial charge in [-0.1, -0.05) is 6.92 Å². The number of nitrogens with zero attached hydrogens (tertiary/aromatic N) is 2. The van der Waals surface area contributed by atoms with Gasteiger partial charge in [-0.2, -0.15) is 0 Å². The predicted molar refractivity (Wildman–Crippen MR) is 73.3 cm³/mol. The summed E-state index contributed by atoms with van der Waals surface area (Å²) in [6.45, 7) is 4.45. The fourth-order valence-electron chi connectivity index (χ4n) is 2.25. The molecule has 2 rings (SSSR count). The van der Waals surface area contributed by atoms with E-state index >= 15 is 0 Å². The maximum atomic E-state index is 12.3. The van der Waals surface area contributed by atoms with Crippen molar-refractivity contribution in [2.24, 2.45) is 5.92 Å². The van der Waals surface area contributed by atoms with E-state index in [4.69, 9.17) is 9.84 Å². The fraction of sp³-hybridized carbons (Fsp3) is 0.667. The highest BCUT2D eigenvalue weighted by molar-refractivity contribution is 7.89. The highest BCUT2D eigenvalue weighted by Crippen LogP contribution is 2.17. The van der Waals surface area contributed by atoms with Crippen LogP contribution in [0.3, 0.4) is 0 Å². The third-order valence-electron chi connectivity index (χ3n) is 3.40. The van der Waals surface area contributed by atoms with Crippen LogP contribution in [-0.4, -0.2) is 48.3 Å². The van der Waals surface area contributed by atoms with Crippen LogP contribution in [0.5, 0.6) is 0 Å². The molecule has 21 heavy (non-hydrogen) atoms. The van der Waals surface area contributed by atoms with E-state index in [0.717, 1.165) is 6.42 Å². The van der Waals surface area contributed by atoms with Crippen molar-refractivity contribution in [3.63, 3.8) is 0 Å². The van der Waals surface area contributed by atoms with Gasteiger partial charge < -0.3 is 14.4 Å². The molecule has 0 amide bonds. The SMILES string of the molecule is CCCn1cc(S(=O)(=O)NC2COCC2C(=O)O)nc1C. The van der Waals surface area contributed by atoms with Crippen LogP contribution in [0.15, 0.2) is 11.2 Å². The van der Waals surface area contributed by atoms with E-state index in [1.807, 2.05) is 6.92 Å². The molecule has 1 fully saturated rings. The summed E-state index contributed by atoms with van der Waals surface area (Å²) in [4.78, 5) is 15.1. The first-order chi connectivity index (χ1) is 9.85. The maximum Gasteiger partial charge on any atom is 0.310 e. The smallest absolute Gasteiger partial charge is 0.310 e. The van der Waals surface area contributed by atoms with Crippen LogP contribution in [0.4, 0.5) is 0 Å². The van der Waals surface area contributed by atoms with Crippen molar-refractivity contribution in [1.82, 2.24) is 14.3 Å². The summed E-state index contributed by atoms with van der Waals surface area (Å²) in [5.41, 5.74) is 0. The van der Waals surface area contributed by atoms with Crippen molar-refractivity contribution < 1.29 is 23.1 Å². The number of imidazole rings is 1. The molecule has 0 spiro atoms. The van der Waals surface area contributed by atoms with E-state index in [-0.39, 0.29) is 18.2 Å². The highest BCUT2D eigenvalue weighted by atomic mass is 32.2. The lowest BCUT2D eigenvalue weighted by atomic mass is 10.1. The normalized spacial score (nSPS) is 22.6. The summed E-state index contributed by atoms with van der Waals surface area (Å²) in [5.74, 6) is -1.35. The second-order valence-corrected chi connectivity index (χ2v) is 6.69. The highest BCUT2D eigenvalue weighted by Gasteiger charge is 2.37. The zero-order valence-corrected chi connectivity index (χ0v) is 12.8. The van der Waals surface area contributed by atoms with Gasteiger partial charge in [-0.3, -0.25) is 4.79 Å². The summed E-state index contributed by atoms with van der Waals surface area (Å²) >= 11 is 0. The Kier molecular flexibility index (Phi) is 4.64. The van der Waals surface area contributed by atoms with Crippen LogP contribution >= 0.6 is 0 Å². The molecule has 0 saturated carbocycles. The van der Waals surface area contributed by atoms with E-state index in [2.05, 4.69) is 9.71 Å². The molecule has 0 bridgehead atoms. The van der Waals surface area contributed by atoms with Crippen molar-refractivity contribution in [1.29, 1.82) is 0 Å². The second-order valence-electron chi connectivity index (χ2n) is 5.03. The van der Waals surface area contributed by atoms with Crippen molar-refractivity contribution in [3.8, 4) is 0 Å². The molecule has 0 aromatic carbocycles. The number of aliphatic carboxylic acids is 1. The summed E-state index contributed by atoms with van der Waals surface area (Å²) < 4.78 is 33.8. The van der Waals surface area contributed by atoms with Crippen LogP contribution in [0.2, 0.25) is 0 Å². The lowest BCUT2D eigenvalue weighted by Crippen LogP contribution is -2.42. The Balaban J connectivity index is 2.18. The Morgan fingerprint density at radius 2 is 2.29 bits per heavy atom. The molecule has 118 valence electrons. The van der Waals surface area contributed by atoms with Crippen molar-refractivity contribution >= 4 is 16.0 Å². The van der Waals surface area contributed by atoms with E-state index in [1.165, 1.54) is 6.20 Å². The number of ether oxygens (including phenoxy) is 1. The number of carboxylic acids is 1. The van der Waals surface area contributed by atoms with Crippen LogP contribution < -0.4 is 4.72 Å². The van der Waals surface area contributed by atoms with Gasteiger partial charge in [0.05, 0.1) is 25.2 Å². The van der Waals surface area contributed by atoms with E-state index in [1.54, 1.807) is 11.5 Å². The molecule has 2 heterocycles. The molecule has 9 heteroatoms. The van der Waals surface area contributed by atoms with Gasteiger partial charge in [-0.15, -0.1) is 0 Å². The van der Waals surface area contributed by atoms with Gasteiger partial charge in [0, 0.05) is 12.7 Å². The molecule has 1 aliphatic heterocycles. The minimum absolute atomic E-state index is 0.00578. The van der Waals surface area contributed by atoms with Crippen molar-refractivity contribution in [2.45, 2.75) is 37.9 Å². The van der Waals surface area contributed by atoms with Gasteiger partial charge in [0.15, 0.2) is 5.03 Å². The molecule has 0 aliphatic carbocycles. The van der Waals surface area contributed by atoms with E-state index in [9.17, 15) is 13.2 Å². The number of carboxylic acid groups (broad SMARTS) is 1. The lowest BCUT2D eigenvalue weighted by molar-refractivity contribution is -0.142. The minimum Gasteiger partial charge on any atom is -0.481 e. The Morgan fingerprint density at radius 3 is 2.90 bits per heavy atom. The molecule has 1 aromatic heterocycles. The molecule has 2 unspecified atom stereocenters. The van der Waals surface area contributed by atoms with Crippen LogP contribution in [0.25, 0.3) is 0 Å². The zero-order valence-electron chi connectivity index (χ0n) is 11.9. The van der Waals surface area contributed by atoms with Gasteiger partial charge in [-0.25, -0.2) is 18.1 Å². The molecule has 0 radical (unpaired) electrons. The third kappa shape index (κ3) is 3.42. The molecule has 2 N–H and O–H groups in total. The number of nitrogens with one attached hydrogen (secondary N) is 1. The lowest BCUT2D eigenvalue weighted by Gasteiger charge is -2.14. The summed E-state index contributed by atoms with van der Waals surface area (Å²) in [7, 11) is -3.86. The number of carbonyl (C=O) groups is 1. The summed E-state index contributed by atoms with van der Waals surface area (Å²) in [6.07, 6.45) is 2.33. The summed E-state index contributed by atoms with van der Waals surface area (Å²) in [5, 5.41) is 8.94. The number of hydrogen-bond acceptors (Lipinski definition) is 5. The molecular formula is C12H19N3O5S.